The molecule has 1 fully saturated rings. The number of hydrogen-bond acceptors (Lipinski definition) is 7. The van der Waals surface area contributed by atoms with Crippen LogP contribution in [0.3, 0.4) is 0 Å². The molecule has 5 aromatic rings. The fourth-order valence-corrected chi connectivity index (χ4v) is 5.48. The Morgan fingerprint density at radius 1 is 1.00 bits per heavy atom. The summed E-state index contributed by atoms with van der Waals surface area (Å²) in [6.45, 7) is 6.34. The van der Waals surface area contributed by atoms with Gasteiger partial charge in [0.15, 0.2) is 5.82 Å². The molecule has 6 rings (SSSR count). The van der Waals surface area contributed by atoms with E-state index in [4.69, 9.17) is 5.41 Å². The van der Waals surface area contributed by atoms with Gasteiger partial charge in [-0.05, 0) is 73.1 Å². The Kier molecular flexibility index (Phi) is 8.48. The number of fused-ring (bicyclic) bond motifs is 2. The van der Waals surface area contributed by atoms with E-state index >= 15 is 0 Å². The molecular formula is C33H35FN8O. The quantitative estimate of drug-likeness (QED) is 0.251. The van der Waals surface area contributed by atoms with Crippen molar-refractivity contribution in [1.82, 2.24) is 29.1 Å². The maximum atomic E-state index is 13.9. The first-order valence-electron chi connectivity index (χ1n) is 14.6. The molecule has 1 saturated heterocycles. The van der Waals surface area contributed by atoms with Crippen LogP contribution in [0.2, 0.25) is 0 Å². The summed E-state index contributed by atoms with van der Waals surface area (Å²) in [4.78, 5) is 26.7. The van der Waals surface area contributed by atoms with Crippen molar-refractivity contribution in [2.75, 3.05) is 46.3 Å². The lowest BCUT2D eigenvalue weighted by Gasteiger charge is -2.31. The van der Waals surface area contributed by atoms with Gasteiger partial charge in [0.1, 0.15) is 5.82 Å². The van der Waals surface area contributed by atoms with Crippen molar-refractivity contribution in [3.63, 3.8) is 0 Å². The number of halogens is 1. The lowest BCUT2D eigenvalue weighted by molar-refractivity contribution is 0.157. The SMILES string of the molecule is CN1CCN(CCN=CC(C=N)c2cnc3ccc(CCn4nc(-n5ccc6ccc(F)cc65)ccc4=O)cc3c2)CC1. The Bertz CT molecular complexity index is 1840. The highest BCUT2D eigenvalue weighted by molar-refractivity contribution is 5.91. The van der Waals surface area contributed by atoms with Crippen molar-refractivity contribution in [3.05, 3.63) is 100 Å². The van der Waals surface area contributed by atoms with Crippen molar-refractivity contribution >= 4 is 34.2 Å². The van der Waals surface area contributed by atoms with Gasteiger partial charge in [-0.25, -0.2) is 9.07 Å². The topological polar surface area (TPSA) is 95.4 Å². The molecule has 0 radical (unpaired) electrons. The largest absolute Gasteiger partial charge is 0.312 e. The second kappa shape index (κ2) is 12.8. The molecule has 0 bridgehead atoms. The Balaban J connectivity index is 1.14. The average molecular weight is 579 g/mol. The predicted molar refractivity (Wildman–Crippen MR) is 170 cm³/mol. The van der Waals surface area contributed by atoms with Gasteiger partial charge in [-0.3, -0.25) is 24.2 Å². The molecule has 10 heteroatoms. The first-order valence-corrected chi connectivity index (χ1v) is 14.6. The Labute approximate surface area is 249 Å². The zero-order valence-electron chi connectivity index (χ0n) is 24.2. The van der Waals surface area contributed by atoms with Gasteiger partial charge in [0, 0.05) is 80.9 Å². The standard InChI is InChI=1S/C33H35FN8O/c1-39-14-16-40(17-15-39)13-10-36-22-28(21-35)27-19-26-18-24(2-5-30(26)37-23-27)8-12-42-33(43)7-6-32(38-42)41-11-9-25-3-4-29(34)20-31(25)41/h2-7,9,11,18-23,28,35H,8,10,12-17H2,1H3. The zero-order valence-corrected chi connectivity index (χ0v) is 24.2. The van der Waals surface area contributed by atoms with E-state index in [1.807, 2.05) is 36.8 Å². The number of aryl methyl sites for hydroxylation is 2. The second-order valence-corrected chi connectivity index (χ2v) is 11.1. The minimum absolute atomic E-state index is 0.197. The zero-order chi connectivity index (χ0) is 29.8. The van der Waals surface area contributed by atoms with Crippen LogP contribution in [0.15, 0.2) is 82.8 Å². The molecule has 4 heterocycles. The van der Waals surface area contributed by atoms with E-state index in [1.54, 1.807) is 16.7 Å². The highest BCUT2D eigenvalue weighted by atomic mass is 19.1. The second-order valence-electron chi connectivity index (χ2n) is 11.1. The normalized spacial score (nSPS) is 15.5. The third kappa shape index (κ3) is 6.60. The summed E-state index contributed by atoms with van der Waals surface area (Å²) >= 11 is 0. The van der Waals surface area contributed by atoms with Crippen molar-refractivity contribution < 1.29 is 4.39 Å². The van der Waals surface area contributed by atoms with E-state index in [2.05, 4.69) is 44.1 Å². The highest BCUT2D eigenvalue weighted by Gasteiger charge is 2.13. The molecule has 1 aliphatic rings. The molecule has 1 atom stereocenters. The minimum Gasteiger partial charge on any atom is -0.312 e. The molecule has 3 aromatic heterocycles. The van der Waals surface area contributed by atoms with Crippen molar-refractivity contribution in [1.29, 1.82) is 5.41 Å². The maximum Gasteiger partial charge on any atom is 0.266 e. The lowest BCUT2D eigenvalue weighted by Crippen LogP contribution is -2.45. The molecule has 220 valence electrons. The molecule has 2 aromatic carbocycles. The molecule has 1 unspecified atom stereocenters. The van der Waals surface area contributed by atoms with Crippen LogP contribution < -0.4 is 5.56 Å². The number of rotatable bonds is 10. The van der Waals surface area contributed by atoms with E-state index in [0.717, 1.165) is 60.1 Å². The molecule has 0 aliphatic carbocycles. The lowest BCUT2D eigenvalue weighted by atomic mass is 10.0. The average Bonchev–Trinajstić information content (AvgIpc) is 3.44. The third-order valence-electron chi connectivity index (χ3n) is 8.11. The van der Waals surface area contributed by atoms with Gasteiger partial charge in [0.25, 0.3) is 5.56 Å². The van der Waals surface area contributed by atoms with Crippen molar-refractivity contribution in [2.24, 2.45) is 4.99 Å². The molecule has 43 heavy (non-hydrogen) atoms. The van der Waals surface area contributed by atoms with Crippen LogP contribution in [-0.2, 0) is 13.0 Å². The number of piperazine rings is 1. The van der Waals surface area contributed by atoms with Crippen LogP contribution >= 0.6 is 0 Å². The monoisotopic (exact) mass is 578 g/mol. The van der Waals surface area contributed by atoms with Crippen LogP contribution in [-0.4, -0.2) is 87.9 Å². The summed E-state index contributed by atoms with van der Waals surface area (Å²) in [5.41, 5.74) is 3.33. The summed E-state index contributed by atoms with van der Waals surface area (Å²) in [6.07, 6.45) is 7.49. The van der Waals surface area contributed by atoms with Crippen molar-refractivity contribution in [2.45, 2.75) is 18.9 Å². The Morgan fingerprint density at radius 3 is 2.70 bits per heavy atom. The van der Waals surface area contributed by atoms with E-state index in [0.29, 0.717) is 30.8 Å². The van der Waals surface area contributed by atoms with Crippen molar-refractivity contribution in [3.8, 4) is 5.82 Å². The Hall–Kier alpha value is -4.54. The number of likely N-dealkylation sites (N-methyl/N-ethyl adjacent to an activating group) is 1. The fraction of sp³-hybridized carbons (Fsp3) is 0.303. The number of nitrogens with zero attached hydrogens (tertiary/aromatic N) is 7. The first kappa shape index (κ1) is 28.6. The summed E-state index contributed by atoms with van der Waals surface area (Å²) < 4.78 is 17.1. The molecular weight excluding hydrogens is 543 g/mol. The van der Waals surface area contributed by atoms with Gasteiger partial charge in [-0.2, -0.15) is 5.10 Å². The number of aromatic nitrogens is 4. The van der Waals surface area contributed by atoms with E-state index in [9.17, 15) is 9.18 Å². The molecule has 1 aliphatic heterocycles. The Morgan fingerprint density at radius 2 is 1.86 bits per heavy atom. The highest BCUT2D eigenvalue weighted by Crippen LogP contribution is 2.21. The number of aliphatic imine (C=N–C) groups is 1. The van der Waals surface area contributed by atoms with Crippen LogP contribution in [0.5, 0.6) is 0 Å². The van der Waals surface area contributed by atoms with Gasteiger partial charge in [-0.1, -0.05) is 6.07 Å². The van der Waals surface area contributed by atoms with Gasteiger partial charge in [0.2, 0.25) is 0 Å². The summed E-state index contributed by atoms with van der Waals surface area (Å²) in [7, 11) is 2.15. The summed E-state index contributed by atoms with van der Waals surface area (Å²) in [6, 6.07) is 17.8. The van der Waals surface area contributed by atoms with Crippen LogP contribution in [0, 0.1) is 11.2 Å². The molecule has 9 nitrogen and oxygen atoms in total. The third-order valence-corrected chi connectivity index (χ3v) is 8.11. The van der Waals surface area contributed by atoms with Crippen LogP contribution in [0.25, 0.3) is 27.6 Å². The predicted octanol–water partition coefficient (Wildman–Crippen LogP) is 4.17. The minimum atomic E-state index is -0.324. The molecule has 1 N–H and O–H groups in total. The van der Waals surface area contributed by atoms with E-state index in [1.165, 1.54) is 29.1 Å². The fourth-order valence-electron chi connectivity index (χ4n) is 5.48. The van der Waals surface area contributed by atoms with Gasteiger partial charge in [0.05, 0.1) is 23.5 Å². The molecule has 0 spiro atoms. The van der Waals surface area contributed by atoms with Gasteiger partial charge in [-0.15, -0.1) is 0 Å². The summed E-state index contributed by atoms with van der Waals surface area (Å²) in [5, 5.41) is 14.4. The molecule has 0 amide bonds. The van der Waals surface area contributed by atoms with Gasteiger partial charge >= 0.3 is 0 Å². The summed E-state index contributed by atoms with van der Waals surface area (Å²) in [5.74, 6) is -0.0117. The van der Waals surface area contributed by atoms with Gasteiger partial charge < -0.3 is 10.3 Å². The number of hydrogen-bond donors (Lipinski definition) is 1. The van der Waals surface area contributed by atoms with Crippen LogP contribution in [0.4, 0.5) is 4.39 Å². The smallest absolute Gasteiger partial charge is 0.266 e. The number of pyridine rings is 1. The molecule has 0 saturated carbocycles. The first-order chi connectivity index (χ1) is 21.0. The van der Waals surface area contributed by atoms with E-state index < -0.39 is 0 Å². The number of nitrogens with one attached hydrogen (secondary N) is 1. The van der Waals surface area contributed by atoms with E-state index in [-0.39, 0.29) is 17.3 Å². The number of benzene rings is 2. The van der Waals surface area contributed by atoms with Crippen LogP contribution in [0.1, 0.15) is 17.0 Å². The maximum absolute atomic E-state index is 13.9.